The van der Waals surface area contributed by atoms with Gasteiger partial charge in [0.15, 0.2) is 0 Å². The summed E-state index contributed by atoms with van der Waals surface area (Å²) in [4.78, 5) is 19.6. The average Bonchev–Trinajstić information content (AvgIpc) is 2.62. The molecule has 0 spiro atoms. The van der Waals surface area contributed by atoms with E-state index < -0.39 is 0 Å². The molecule has 1 aliphatic carbocycles. The van der Waals surface area contributed by atoms with Crippen LogP contribution in [-0.4, -0.2) is 21.9 Å². The number of carbonyl (C=O) groups is 1. The van der Waals surface area contributed by atoms with Gasteiger partial charge in [0.2, 0.25) is 0 Å². The molecule has 4 nitrogen and oxygen atoms in total. The molecule has 1 atom stereocenters. The molecule has 0 bridgehead atoms. The third-order valence-electron chi connectivity index (χ3n) is 4.71. The van der Waals surface area contributed by atoms with Gasteiger partial charge in [-0.3, -0.25) is 0 Å². The van der Waals surface area contributed by atoms with Gasteiger partial charge in [0.05, 0.1) is 5.56 Å². The van der Waals surface area contributed by atoms with Gasteiger partial charge >= 0.3 is 6.01 Å². The summed E-state index contributed by atoms with van der Waals surface area (Å²) in [6.45, 7) is 3.79. The van der Waals surface area contributed by atoms with Gasteiger partial charge in [-0.15, -0.1) is 0 Å². The third-order valence-corrected chi connectivity index (χ3v) is 4.71. The first-order chi connectivity index (χ1) is 12.6. The highest BCUT2D eigenvalue weighted by atomic mass is 16.5. The lowest BCUT2D eigenvalue weighted by atomic mass is 9.94. The molecule has 0 aliphatic heterocycles. The molecule has 1 aliphatic rings. The fourth-order valence-electron chi connectivity index (χ4n) is 2.71. The van der Waals surface area contributed by atoms with Crippen molar-refractivity contribution in [3.05, 3.63) is 53.3 Å². The Bertz CT molecular complexity index is 797. The van der Waals surface area contributed by atoms with E-state index in [1.165, 1.54) is 12.0 Å². The monoisotopic (exact) mass is 348 g/mol. The van der Waals surface area contributed by atoms with Crippen molar-refractivity contribution in [1.82, 2.24) is 9.97 Å². The molecule has 0 amide bonds. The summed E-state index contributed by atoms with van der Waals surface area (Å²) < 4.78 is 5.65. The average molecular weight is 348 g/mol. The highest BCUT2D eigenvalue weighted by Crippen LogP contribution is 2.23. The number of benzene rings is 1. The molecule has 1 aromatic carbocycles. The van der Waals surface area contributed by atoms with Crippen LogP contribution in [0.2, 0.25) is 0 Å². The Morgan fingerprint density at radius 2 is 1.81 bits per heavy atom. The number of nitrogens with zero attached hydrogens (tertiary/aromatic N) is 2. The zero-order chi connectivity index (χ0) is 18.4. The van der Waals surface area contributed by atoms with Crippen molar-refractivity contribution >= 4 is 5.78 Å². The molecule has 4 heteroatoms. The van der Waals surface area contributed by atoms with E-state index in [0.29, 0.717) is 18.3 Å². The van der Waals surface area contributed by atoms with E-state index in [1.807, 2.05) is 12.1 Å². The fourth-order valence-corrected chi connectivity index (χ4v) is 2.71. The molecule has 1 aromatic heterocycles. The minimum atomic E-state index is 0.241. The van der Waals surface area contributed by atoms with E-state index in [4.69, 9.17) is 4.74 Å². The molecule has 0 N–H and O–H groups in total. The van der Waals surface area contributed by atoms with Crippen LogP contribution in [0.4, 0.5) is 0 Å². The molecule has 0 saturated heterocycles. The van der Waals surface area contributed by atoms with E-state index in [-0.39, 0.29) is 11.9 Å². The van der Waals surface area contributed by atoms with E-state index in [0.717, 1.165) is 30.4 Å². The van der Waals surface area contributed by atoms with Crippen LogP contribution >= 0.6 is 0 Å². The SMILES string of the molecule is CC(=O)CCC(C)c1ccc(C#Cc2cnc(OC3CCC3)nc2)cc1. The van der Waals surface area contributed by atoms with Gasteiger partial charge in [0, 0.05) is 24.4 Å². The Kier molecular flexibility index (Phi) is 6.01. The number of ketones is 1. The molecule has 3 rings (SSSR count). The summed E-state index contributed by atoms with van der Waals surface area (Å²) >= 11 is 0. The number of Topliss-reactive ketones (excluding diaryl/α,β-unsaturated/α-hetero) is 1. The van der Waals surface area contributed by atoms with Gasteiger partial charge in [-0.2, -0.15) is 0 Å². The fraction of sp³-hybridized carbons (Fsp3) is 0.409. The van der Waals surface area contributed by atoms with Gasteiger partial charge in [0.1, 0.15) is 11.9 Å². The van der Waals surface area contributed by atoms with Crippen molar-refractivity contribution in [2.24, 2.45) is 0 Å². The van der Waals surface area contributed by atoms with Crippen LogP contribution in [0.25, 0.3) is 0 Å². The van der Waals surface area contributed by atoms with Gasteiger partial charge in [0.25, 0.3) is 0 Å². The lowest BCUT2D eigenvalue weighted by molar-refractivity contribution is -0.117. The maximum atomic E-state index is 11.1. The molecule has 0 radical (unpaired) electrons. The minimum Gasteiger partial charge on any atom is -0.460 e. The number of rotatable bonds is 6. The highest BCUT2D eigenvalue weighted by molar-refractivity contribution is 5.75. The van der Waals surface area contributed by atoms with Crippen molar-refractivity contribution in [3.63, 3.8) is 0 Å². The second kappa shape index (κ2) is 8.62. The standard InChI is InChI=1S/C22H24N2O2/c1-16(6-7-17(2)25)20-12-10-18(11-13-20)8-9-19-14-23-22(24-15-19)26-21-4-3-5-21/h10-16,21H,3-7H2,1-2H3. The van der Waals surface area contributed by atoms with E-state index in [2.05, 4.69) is 40.9 Å². The molecule has 1 unspecified atom stereocenters. The van der Waals surface area contributed by atoms with Crippen molar-refractivity contribution in [3.8, 4) is 17.9 Å². The first-order valence-electron chi connectivity index (χ1n) is 9.20. The van der Waals surface area contributed by atoms with E-state index in [9.17, 15) is 4.79 Å². The summed E-state index contributed by atoms with van der Waals surface area (Å²) in [5, 5.41) is 0. The maximum absolute atomic E-state index is 11.1. The summed E-state index contributed by atoms with van der Waals surface area (Å²) in [7, 11) is 0. The van der Waals surface area contributed by atoms with Gasteiger partial charge < -0.3 is 9.53 Å². The van der Waals surface area contributed by atoms with Crippen LogP contribution in [0.15, 0.2) is 36.7 Å². The molecule has 2 aromatic rings. The van der Waals surface area contributed by atoms with Crippen LogP contribution in [0.1, 0.15) is 68.6 Å². The Labute approximate surface area is 155 Å². The minimum absolute atomic E-state index is 0.241. The number of aromatic nitrogens is 2. The van der Waals surface area contributed by atoms with Gasteiger partial charge in [-0.25, -0.2) is 9.97 Å². The van der Waals surface area contributed by atoms with Gasteiger partial charge in [-0.1, -0.05) is 30.9 Å². The summed E-state index contributed by atoms with van der Waals surface area (Å²) in [6, 6.07) is 8.63. The lowest BCUT2D eigenvalue weighted by Crippen LogP contribution is -2.25. The van der Waals surface area contributed by atoms with Crippen LogP contribution in [0, 0.1) is 11.8 Å². The predicted octanol–water partition coefficient (Wildman–Crippen LogP) is 4.28. The normalized spacial score (nSPS) is 14.7. The Morgan fingerprint density at radius 3 is 2.38 bits per heavy atom. The Balaban J connectivity index is 1.58. The molecule has 1 fully saturated rings. The van der Waals surface area contributed by atoms with E-state index >= 15 is 0 Å². The molecule has 134 valence electrons. The lowest BCUT2D eigenvalue weighted by Gasteiger charge is -2.24. The maximum Gasteiger partial charge on any atom is 0.316 e. The quantitative estimate of drug-likeness (QED) is 0.731. The summed E-state index contributed by atoms with van der Waals surface area (Å²) in [6.07, 6.45) is 8.60. The Hall–Kier alpha value is -2.67. The van der Waals surface area contributed by atoms with Gasteiger partial charge in [-0.05, 0) is 56.2 Å². The number of hydrogen-bond acceptors (Lipinski definition) is 4. The second-order valence-corrected chi connectivity index (χ2v) is 6.94. The summed E-state index contributed by atoms with van der Waals surface area (Å²) in [5.41, 5.74) is 2.95. The number of carbonyl (C=O) groups excluding carboxylic acids is 1. The van der Waals surface area contributed by atoms with Crippen LogP contribution < -0.4 is 4.74 Å². The zero-order valence-corrected chi connectivity index (χ0v) is 15.4. The van der Waals surface area contributed by atoms with E-state index in [1.54, 1.807) is 19.3 Å². The van der Waals surface area contributed by atoms with Crippen molar-refractivity contribution in [2.45, 2.75) is 58.0 Å². The second-order valence-electron chi connectivity index (χ2n) is 6.94. The molecular formula is C22H24N2O2. The molecule has 1 heterocycles. The highest BCUT2D eigenvalue weighted by Gasteiger charge is 2.19. The molecule has 26 heavy (non-hydrogen) atoms. The molecule has 1 saturated carbocycles. The third kappa shape index (κ3) is 5.16. The largest absolute Gasteiger partial charge is 0.460 e. The van der Waals surface area contributed by atoms with Crippen LogP contribution in [0.3, 0.4) is 0 Å². The summed E-state index contributed by atoms with van der Waals surface area (Å²) in [5.74, 6) is 6.83. The number of hydrogen-bond donors (Lipinski definition) is 0. The molecular weight excluding hydrogens is 324 g/mol. The smallest absolute Gasteiger partial charge is 0.316 e. The first-order valence-corrected chi connectivity index (χ1v) is 9.20. The zero-order valence-electron chi connectivity index (χ0n) is 15.4. The number of ether oxygens (including phenoxy) is 1. The first kappa shape index (κ1) is 18.1. The Morgan fingerprint density at radius 1 is 1.15 bits per heavy atom. The van der Waals surface area contributed by atoms with Crippen molar-refractivity contribution in [1.29, 1.82) is 0 Å². The topological polar surface area (TPSA) is 52.1 Å². The van der Waals surface area contributed by atoms with Crippen molar-refractivity contribution < 1.29 is 9.53 Å². The van der Waals surface area contributed by atoms with Crippen LogP contribution in [-0.2, 0) is 4.79 Å². The van der Waals surface area contributed by atoms with Crippen LogP contribution in [0.5, 0.6) is 6.01 Å². The van der Waals surface area contributed by atoms with Crippen molar-refractivity contribution in [2.75, 3.05) is 0 Å². The predicted molar refractivity (Wildman–Crippen MR) is 101 cm³/mol.